The topological polar surface area (TPSA) is 61.6 Å². The molecule has 0 bridgehead atoms. The van der Waals surface area contributed by atoms with Gasteiger partial charge < -0.3 is 14.9 Å². The number of halogens is 2. The molecule has 0 spiro atoms. The molecule has 5 aliphatic rings. The van der Waals surface area contributed by atoms with Crippen LogP contribution in [0.2, 0.25) is 0 Å². The van der Waals surface area contributed by atoms with E-state index in [0.29, 0.717) is 36.4 Å². The lowest BCUT2D eigenvalue weighted by atomic mass is 9.82. The van der Waals surface area contributed by atoms with Crippen molar-refractivity contribution in [2.75, 3.05) is 39.3 Å². The van der Waals surface area contributed by atoms with E-state index in [4.69, 9.17) is 5.10 Å². The molecule has 1 N–H and O–H groups in total. The van der Waals surface area contributed by atoms with Crippen LogP contribution in [0.15, 0.2) is 18.2 Å². The standard InChI is InChI=1S/C33H44F2N4O2/c1-2-29-31(30-5-3-4-8-39(30)36-29)21-6-9-37(10-7-21)17-25-18-38(19-28(25)22-12-26(34)14-27(35)13-22)20-33(32(40)41)15-23-11-24(23)16-33/h12-14,21,23-25,28H,2-11,15-20H2,1H3,(H,40,41)/t23-,24-,25-,28-/m1/s1. The lowest BCUT2D eigenvalue weighted by Crippen LogP contribution is -2.42. The number of carbonyl (C=O) groups is 1. The highest BCUT2D eigenvalue weighted by atomic mass is 19.1. The maximum Gasteiger partial charge on any atom is 0.310 e. The molecule has 0 radical (unpaired) electrons. The number of nitrogens with zero attached hydrogens (tertiary/aromatic N) is 4. The molecule has 4 heterocycles. The summed E-state index contributed by atoms with van der Waals surface area (Å²) < 4.78 is 30.9. The van der Waals surface area contributed by atoms with Gasteiger partial charge in [0.25, 0.3) is 0 Å². The molecule has 0 unspecified atom stereocenters. The number of hydrogen-bond donors (Lipinski definition) is 1. The van der Waals surface area contributed by atoms with Crippen molar-refractivity contribution in [3.8, 4) is 0 Å². The lowest BCUT2D eigenvalue weighted by molar-refractivity contribution is -0.150. The number of hydrogen-bond acceptors (Lipinski definition) is 4. The number of aryl methyl sites for hydroxylation is 2. The molecule has 6 nitrogen and oxygen atoms in total. The molecular formula is C33H44F2N4O2. The highest BCUT2D eigenvalue weighted by Gasteiger charge is 2.58. The highest BCUT2D eigenvalue weighted by Crippen LogP contribution is 2.60. The smallest absolute Gasteiger partial charge is 0.310 e. The Labute approximate surface area is 242 Å². The summed E-state index contributed by atoms with van der Waals surface area (Å²) in [6.45, 7) is 8.17. The predicted octanol–water partition coefficient (Wildman–Crippen LogP) is 5.46. The second-order valence-corrected chi connectivity index (χ2v) is 13.9. The normalized spacial score (nSPS) is 29.9. The molecule has 2 aliphatic carbocycles. The van der Waals surface area contributed by atoms with Crippen LogP contribution in [0.25, 0.3) is 0 Å². The Bertz CT molecular complexity index is 1270. The monoisotopic (exact) mass is 566 g/mol. The number of benzene rings is 1. The summed E-state index contributed by atoms with van der Waals surface area (Å²) in [5.41, 5.74) is 4.34. The quantitative estimate of drug-likeness (QED) is 0.460. The van der Waals surface area contributed by atoms with Gasteiger partial charge in [0.05, 0.1) is 11.1 Å². The lowest BCUT2D eigenvalue weighted by Gasteiger charge is -2.35. The minimum atomic E-state index is -0.669. The van der Waals surface area contributed by atoms with Gasteiger partial charge in [0.2, 0.25) is 0 Å². The number of aromatic nitrogens is 2. The average Bonchev–Trinajstić information content (AvgIpc) is 3.26. The van der Waals surface area contributed by atoms with Gasteiger partial charge in [-0.2, -0.15) is 5.10 Å². The molecule has 8 heteroatoms. The number of fused-ring (bicyclic) bond motifs is 2. The van der Waals surface area contributed by atoms with Crippen LogP contribution < -0.4 is 0 Å². The van der Waals surface area contributed by atoms with Crippen molar-refractivity contribution in [3.63, 3.8) is 0 Å². The first-order valence-electron chi connectivity index (χ1n) is 16.0. The van der Waals surface area contributed by atoms with Crippen molar-refractivity contribution < 1.29 is 18.7 Å². The summed E-state index contributed by atoms with van der Waals surface area (Å²) in [7, 11) is 0. The number of carboxylic acids is 1. The predicted molar refractivity (Wildman–Crippen MR) is 153 cm³/mol. The SMILES string of the molecule is CCc1nn2c(c1C1CCN(C[C@@H]3CN(CC4(C(=O)O)C[C@H]5C[C@@H]5C4)C[C@@H]3c3cc(F)cc(F)c3)CC1)CCCC2. The summed E-state index contributed by atoms with van der Waals surface area (Å²) in [4.78, 5) is 17.3. The fraction of sp³-hybridized carbons (Fsp3) is 0.697. The van der Waals surface area contributed by atoms with Gasteiger partial charge in [-0.25, -0.2) is 8.78 Å². The van der Waals surface area contributed by atoms with Crippen molar-refractivity contribution in [1.29, 1.82) is 0 Å². The largest absolute Gasteiger partial charge is 0.481 e. The number of carboxylic acid groups (broad SMARTS) is 1. The van der Waals surface area contributed by atoms with E-state index in [0.717, 1.165) is 77.3 Å². The summed E-state index contributed by atoms with van der Waals surface area (Å²) in [6.07, 6.45) is 9.58. The number of rotatable bonds is 8. The maximum absolute atomic E-state index is 14.3. The zero-order valence-electron chi connectivity index (χ0n) is 24.3. The molecule has 7 rings (SSSR count). The van der Waals surface area contributed by atoms with E-state index in [1.807, 2.05) is 0 Å². The first-order valence-corrected chi connectivity index (χ1v) is 16.0. The third-order valence-electron chi connectivity index (χ3n) is 11.2. The van der Waals surface area contributed by atoms with E-state index in [-0.39, 0.29) is 11.8 Å². The van der Waals surface area contributed by atoms with Crippen molar-refractivity contribution in [2.45, 2.75) is 83.1 Å². The van der Waals surface area contributed by atoms with E-state index in [9.17, 15) is 18.7 Å². The molecule has 2 saturated heterocycles. The average molecular weight is 567 g/mol. The van der Waals surface area contributed by atoms with Crippen molar-refractivity contribution in [1.82, 2.24) is 19.6 Å². The van der Waals surface area contributed by atoms with Gasteiger partial charge in [0.15, 0.2) is 0 Å². The van der Waals surface area contributed by atoms with E-state index in [1.165, 1.54) is 48.3 Å². The van der Waals surface area contributed by atoms with E-state index in [1.54, 1.807) is 0 Å². The van der Waals surface area contributed by atoms with Crippen LogP contribution in [0.4, 0.5) is 8.78 Å². The summed E-state index contributed by atoms with van der Waals surface area (Å²) in [5.74, 6) is 0.179. The highest BCUT2D eigenvalue weighted by molar-refractivity contribution is 5.76. The molecule has 1 aromatic heterocycles. The third-order valence-corrected chi connectivity index (χ3v) is 11.2. The first-order chi connectivity index (χ1) is 19.8. The molecule has 0 amide bonds. The summed E-state index contributed by atoms with van der Waals surface area (Å²) >= 11 is 0. The van der Waals surface area contributed by atoms with Gasteiger partial charge in [-0.1, -0.05) is 6.92 Å². The Balaban J connectivity index is 1.06. The Hall–Kier alpha value is -2.32. The van der Waals surface area contributed by atoms with Crippen LogP contribution in [0.5, 0.6) is 0 Å². The van der Waals surface area contributed by atoms with Crippen LogP contribution >= 0.6 is 0 Å². The Morgan fingerprint density at radius 1 is 1.02 bits per heavy atom. The van der Waals surface area contributed by atoms with Crippen LogP contribution in [0, 0.1) is 34.8 Å². The van der Waals surface area contributed by atoms with Crippen LogP contribution in [0.3, 0.4) is 0 Å². The molecule has 3 aliphatic heterocycles. The molecule has 222 valence electrons. The first kappa shape index (κ1) is 27.5. The fourth-order valence-electron chi connectivity index (χ4n) is 9.17. The molecule has 41 heavy (non-hydrogen) atoms. The third kappa shape index (κ3) is 5.24. The maximum atomic E-state index is 14.3. The minimum absolute atomic E-state index is 0.00547. The van der Waals surface area contributed by atoms with Crippen LogP contribution in [-0.2, 0) is 24.2 Å². The Kier molecular flexibility index (Phi) is 7.21. The molecule has 2 aromatic rings. The van der Waals surface area contributed by atoms with Gasteiger partial charge >= 0.3 is 5.97 Å². The fourth-order valence-corrected chi connectivity index (χ4v) is 9.17. The van der Waals surface area contributed by atoms with Crippen molar-refractivity contribution >= 4 is 5.97 Å². The Morgan fingerprint density at radius 3 is 2.44 bits per heavy atom. The van der Waals surface area contributed by atoms with Gasteiger partial charge in [-0.15, -0.1) is 0 Å². The molecule has 1 aromatic carbocycles. The van der Waals surface area contributed by atoms with Gasteiger partial charge in [-0.3, -0.25) is 9.48 Å². The molecular weight excluding hydrogens is 522 g/mol. The second-order valence-electron chi connectivity index (χ2n) is 13.9. The van der Waals surface area contributed by atoms with E-state index < -0.39 is 23.0 Å². The molecule has 4 fully saturated rings. The van der Waals surface area contributed by atoms with Gasteiger partial charge in [0.1, 0.15) is 11.6 Å². The minimum Gasteiger partial charge on any atom is -0.481 e. The second kappa shape index (κ2) is 10.7. The number of likely N-dealkylation sites (tertiary alicyclic amines) is 2. The van der Waals surface area contributed by atoms with Crippen molar-refractivity contribution in [2.24, 2.45) is 23.2 Å². The van der Waals surface area contributed by atoms with E-state index in [2.05, 4.69) is 21.4 Å². The van der Waals surface area contributed by atoms with Gasteiger partial charge in [0, 0.05) is 50.4 Å². The zero-order chi connectivity index (χ0) is 28.3. The molecule has 2 saturated carbocycles. The van der Waals surface area contributed by atoms with Gasteiger partial charge in [-0.05, 0) is 118 Å². The zero-order valence-corrected chi connectivity index (χ0v) is 24.3. The molecule has 4 atom stereocenters. The Morgan fingerprint density at radius 2 is 1.76 bits per heavy atom. The van der Waals surface area contributed by atoms with Crippen molar-refractivity contribution in [3.05, 3.63) is 52.3 Å². The summed E-state index contributed by atoms with van der Waals surface area (Å²) in [5, 5.41) is 15.2. The van der Waals surface area contributed by atoms with E-state index >= 15 is 0 Å². The number of aliphatic carboxylic acids is 1. The number of piperidine rings is 1. The van der Waals surface area contributed by atoms with Crippen LogP contribution in [0.1, 0.15) is 86.2 Å². The van der Waals surface area contributed by atoms with Crippen LogP contribution in [-0.4, -0.2) is 69.9 Å². The summed E-state index contributed by atoms with van der Waals surface area (Å²) in [6, 6.07) is 3.92.